The maximum Gasteiger partial charge on any atom is 0.413 e. The summed E-state index contributed by atoms with van der Waals surface area (Å²) in [4.78, 5) is 30.0. The van der Waals surface area contributed by atoms with Crippen molar-refractivity contribution in [2.45, 2.75) is 45.3 Å². The van der Waals surface area contributed by atoms with E-state index in [1.165, 1.54) is 0 Å². The lowest BCUT2D eigenvalue weighted by atomic mass is 10.2. The highest BCUT2D eigenvalue weighted by atomic mass is 16.6. The average molecular weight is 321 g/mol. The summed E-state index contributed by atoms with van der Waals surface area (Å²) < 4.78 is 5.16. The molecular weight excluding hydrogens is 298 g/mol. The number of ether oxygens (including phenoxy) is 1. The quantitative estimate of drug-likeness (QED) is 0.888. The van der Waals surface area contributed by atoms with Crippen molar-refractivity contribution in [3.63, 3.8) is 0 Å². The molecule has 1 saturated heterocycles. The van der Waals surface area contributed by atoms with Crippen LogP contribution in [-0.2, 0) is 4.74 Å². The van der Waals surface area contributed by atoms with Crippen LogP contribution in [0.4, 0.5) is 10.6 Å². The number of aromatic nitrogens is 1. The fourth-order valence-electron chi connectivity index (χ4n) is 2.47. The van der Waals surface area contributed by atoms with Gasteiger partial charge in [-0.15, -0.1) is 0 Å². The number of nitrogens with one attached hydrogen (secondary N) is 1. The number of aliphatic hydroxyl groups excluding tert-OH is 1. The zero-order chi connectivity index (χ0) is 17.0. The van der Waals surface area contributed by atoms with Crippen molar-refractivity contribution >= 4 is 17.8 Å². The number of rotatable bonds is 3. The van der Waals surface area contributed by atoms with Gasteiger partial charge in [-0.2, -0.15) is 0 Å². The van der Waals surface area contributed by atoms with E-state index in [4.69, 9.17) is 4.74 Å². The smallest absolute Gasteiger partial charge is 0.413 e. The van der Waals surface area contributed by atoms with Crippen LogP contribution in [0.25, 0.3) is 0 Å². The van der Waals surface area contributed by atoms with Crippen LogP contribution in [0.3, 0.4) is 0 Å². The third-order valence-electron chi connectivity index (χ3n) is 3.45. The van der Waals surface area contributed by atoms with Crippen LogP contribution in [0.15, 0.2) is 18.2 Å². The number of carbonyl (C=O) groups excluding carboxylic acids is 2. The van der Waals surface area contributed by atoms with Gasteiger partial charge in [0.25, 0.3) is 5.91 Å². The lowest BCUT2D eigenvalue weighted by Crippen LogP contribution is -2.38. The Labute approximate surface area is 135 Å². The number of likely N-dealkylation sites (tertiary alicyclic amines) is 1. The van der Waals surface area contributed by atoms with Gasteiger partial charge in [-0.05, 0) is 45.7 Å². The lowest BCUT2D eigenvalue weighted by Gasteiger charge is -2.23. The zero-order valence-corrected chi connectivity index (χ0v) is 13.7. The van der Waals surface area contributed by atoms with Gasteiger partial charge in [0.15, 0.2) is 0 Å². The highest BCUT2D eigenvalue weighted by molar-refractivity contribution is 5.93. The first kappa shape index (κ1) is 17.2. The summed E-state index contributed by atoms with van der Waals surface area (Å²) in [6.07, 6.45) is 1.04. The van der Waals surface area contributed by atoms with Gasteiger partial charge in [-0.3, -0.25) is 10.1 Å². The molecule has 0 aromatic carbocycles. The number of pyridine rings is 1. The Kier molecular flexibility index (Phi) is 5.20. The second-order valence-electron chi connectivity index (χ2n) is 6.51. The van der Waals surface area contributed by atoms with Gasteiger partial charge < -0.3 is 14.7 Å². The van der Waals surface area contributed by atoms with E-state index in [1.807, 2.05) is 0 Å². The Hall–Kier alpha value is -2.15. The number of aliphatic hydroxyl groups is 1. The maximum atomic E-state index is 12.5. The van der Waals surface area contributed by atoms with E-state index < -0.39 is 11.7 Å². The summed E-state index contributed by atoms with van der Waals surface area (Å²) in [5.41, 5.74) is -0.375. The largest absolute Gasteiger partial charge is 0.444 e. The Bertz CT molecular complexity index is 583. The summed E-state index contributed by atoms with van der Waals surface area (Å²) in [6.45, 7) is 5.85. The van der Waals surface area contributed by atoms with E-state index in [1.54, 1.807) is 43.9 Å². The number of hydrogen-bond donors (Lipinski definition) is 2. The van der Waals surface area contributed by atoms with Crippen LogP contribution in [0, 0.1) is 0 Å². The predicted octanol–water partition coefficient (Wildman–Crippen LogP) is 2.03. The van der Waals surface area contributed by atoms with E-state index in [2.05, 4.69) is 10.3 Å². The molecule has 23 heavy (non-hydrogen) atoms. The molecule has 2 N–H and O–H groups in total. The van der Waals surface area contributed by atoms with Crippen molar-refractivity contribution in [1.82, 2.24) is 9.88 Å². The third-order valence-corrected chi connectivity index (χ3v) is 3.45. The van der Waals surface area contributed by atoms with Crippen LogP contribution in [-0.4, -0.2) is 51.8 Å². The average Bonchev–Trinajstić information content (AvgIpc) is 2.93. The Morgan fingerprint density at radius 1 is 1.43 bits per heavy atom. The van der Waals surface area contributed by atoms with Gasteiger partial charge in [0.1, 0.15) is 17.1 Å². The van der Waals surface area contributed by atoms with Crippen LogP contribution in [0.1, 0.15) is 44.1 Å². The summed E-state index contributed by atoms with van der Waals surface area (Å²) in [7, 11) is 0. The van der Waals surface area contributed by atoms with E-state index in [0.29, 0.717) is 6.54 Å². The predicted molar refractivity (Wildman–Crippen MR) is 85.2 cm³/mol. The molecule has 1 aliphatic rings. The van der Waals surface area contributed by atoms with Crippen molar-refractivity contribution in [1.29, 1.82) is 0 Å². The molecule has 2 rings (SSSR count). The highest BCUT2D eigenvalue weighted by Crippen LogP contribution is 2.19. The fraction of sp³-hybridized carbons (Fsp3) is 0.562. The molecule has 7 heteroatoms. The van der Waals surface area contributed by atoms with Gasteiger partial charge in [-0.25, -0.2) is 9.78 Å². The van der Waals surface area contributed by atoms with Crippen LogP contribution >= 0.6 is 0 Å². The molecule has 2 amide bonds. The number of amides is 2. The van der Waals surface area contributed by atoms with Gasteiger partial charge in [0.2, 0.25) is 0 Å². The molecule has 1 atom stereocenters. The summed E-state index contributed by atoms with van der Waals surface area (Å²) >= 11 is 0. The van der Waals surface area contributed by atoms with Crippen molar-refractivity contribution in [2.75, 3.05) is 18.5 Å². The molecule has 1 aromatic heterocycles. The van der Waals surface area contributed by atoms with E-state index in [0.717, 1.165) is 12.8 Å². The fourth-order valence-corrected chi connectivity index (χ4v) is 2.47. The standard InChI is InChI=1S/C16H23N3O4/c1-16(2,3)23-15(22)18-13-8-4-7-12(17-13)14(21)19-9-5-6-11(19)10-20/h4,7-8,11,20H,5-6,9-10H2,1-3H3,(H,17,18,22). The Morgan fingerprint density at radius 3 is 2.83 bits per heavy atom. The second kappa shape index (κ2) is 6.95. The Morgan fingerprint density at radius 2 is 2.17 bits per heavy atom. The number of carbonyl (C=O) groups is 2. The molecule has 0 spiro atoms. The van der Waals surface area contributed by atoms with Crippen LogP contribution < -0.4 is 5.32 Å². The number of nitrogens with zero attached hydrogens (tertiary/aromatic N) is 2. The van der Waals surface area contributed by atoms with Crippen molar-refractivity contribution in [3.8, 4) is 0 Å². The molecule has 1 aromatic rings. The topological polar surface area (TPSA) is 91.8 Å². The van der Waals surface area contributed by atoms with Crippen molar-refractivity contribution in [3.05, 3.63) is 23.9 Å². The van der Waals surface area contributed by atoms with E-state index in [9.17, 15) is 14.7 Å². The molecule has 0 bridgehead atoms. The molecule has 0 radical (unpaired) electrons. The van der Waals surface area contributed by atoms with Crippen LogP contribution in [0.5, 0.6) is 0 Å². The van der Waals surface area contributed by atoms with Gasteiger partial charge in [0, 0.05) is 6.54 Å². The normalized spacial score (nSPS) is 17.9. The van der Waals surface area contributed by atoms with Crippen molar-refractivity contribution in [2.24, 2.45) is 0 Å². The first-order chi connectivity index (χ1) is 10.8. The molecule has 1 aliphatic heterocycles. The SMILES string of the molecule is CC(C)(C)OC(=O)Nc1cccc(C(=O)N2CCCC2CO)n1. The second-order valence-corrected chi connectivity index (χ2v) is 6.51. The Balaban J connectivity index is 2.07. The minimum Gasteiger partial charge on any atom is -0.444 e. The molecular formula is C16H23N3O4. The number of hydrogen-bond acceptors (Lipinski definition) is 5. The minimum atomic E-state index is -0.621. The molecule has 0 aliphatic carbocycles. The summed E-state index contributed by atoms with van der Waals surface area (Å²) in [5.74, 6) is 0.0132. The molecule has 126 valence electrons. The van der Waals surface area contributed by atoms with Crippen molar-refractivity contribution < 1.29 is 19.4 Å². The monoisotopic (exact) mass is 321 g/mol. The molecule has 1 fully saturated rings. The molecule has 2 heterocycles. The molecule has 1 unspecified atom stereocenters. The first-order valence-electron chi connectivity index (χ1n) is 7.69. The highest BCUT2D eigenvalue weighted by Gasteiger charge is 2.29. The lowest BCUT2D eigenvalue weighted by molar-refractivity contribution is 0.0631. The van der Waals surface area contributed by atoms with Gasteiger partial charge in [-0.1, -0.05) is 6.07 Å². The number of anilines is 1. The van der Waals surface area contributed by atoms with E-state index >= 15 is 0 Å². The molecule has 7 nitrogen and oxygen atoms in total. The van der Waals surface area contributed by atoms with E-state index in [-0.39, 0.29) is 30.1 Å². The molecule has 0 saturated carbocycles. The third kappa shape index (κ3) is 4.66. The zero-order valence-electron chi connectivity index (χ0n) is 13.7. The first-order valence-corrected chi connectivity index (χ1v) is 7.69. The van der Waals surface area contributed by atoms with Gasteiger partial charge >= 0.3 is 6.09 Å². The summed E-state index contributed by atoms with van der Waals surface area (Å²) in [6, 6.07) is 4.67. The minimum absolute atomic E-state index is 0.0540. The van der Waals surface area contributed by atoms with Gasteiger partial charge in [0.05, 0.1) is 12.6 Å². The maximum absolute atomic E-state index is 12.5. The summed E-state index contributed by atoms with van der Waals surface area (Å²) in [5, 5.41) is 11.8. The van der Waals surface area contributed by atoms with Crippen LogP contribution in [0.2, 0.25) is 0 Å².